The number of ether oxygens (including phenoxy) is 1. The molecule has 0 N–H and O–H groups in total. The number of rotatable bonds is 4. The van der Waals surface area contributed by atoms with Gasteiger partial charge in [-0.05, 0) is 106 Å². The summed E-state index contributed by atoms with van der Waals surface area (Å²) in [6.45, 7) is 14.0. The second-order valence-corrected chi connectivity index (χ2v) is 14.9. The van der Waals surface area contributed by atoms with Crippen molar-refractivity contribution in [2.45, 2.75) is 89.9 Å². The number of carbonyl (C=O) groups excluding carboxylic acids is 1. The first-order chi connectivity index (χ1) is 18.0. The van der Waals surface area contributed by atoms with Gasteiger partial charge < -0.3 is 14.5 Å². The smallest absolute Gasteiger partial charge is 0.410 e. The van der Waals surface area contributed by atoms with Crippen LogP contribution in [0.3, 0.4) is 0 Å². The summed E-state index contributed by atoms with van der Waals surface area (Å²) in [6.07, 6.45) is 7.08. The van der Waals surface area contributed by atoms with Gasteiger partial charge in [-0.3, -0.25) is 9.58 Å². The van der Waals surface area contributed by atoms with Crippen LogP contribution in [0.2, 0.25) is 0 Å². The van der Waals surface area contributed by atoms with E-state index >= 15 is 0 Å². The van der Waals surface area contributed by atoms with Gasteiger partial charge in [-0.15, -0.1) is 0 Å². The van der Waals surface area contributed by atoms with Crippen molar-refractivity contribution in [2.24, 2.45) is 5.41 Å². The average Bonchev–Trinajstić information content (AvgIpc) is 3.49. The lowest BCUT2D eigenvalue weighted by molar-refractivity contribution is -0.0931. The number of halogens is 1. The Kier molecular flexibility index (Phi) is 5.69. The molecule has 0 bridgehead atoms. The van der Waals surface area contributed by atoms with Crippen molar-refractivity contribution in [1.82, 2.24) is 19.6 Å². The van der Waals surface area contributed by atoms with Gasteiger partial charge in [0.05, 0.1) is 20.8 Å². The molecule has 204 valence electrons. The normalized spacial score (nSPS) is 23.6. The predicted molar refractivity (Wildman–Crippen MR) is 157 cm³/mol. The molecule has 3 aliphatic carbocycles. The SMILES string of the molecule is Cc1c(I)c(N2CCN(Cc3ccc4c(c3)C4)CC23CCC3)nn1C1CC2(C1)CN(C(=O)OC(C)(C)C)C2. The topological polar surface area (TPSA) is 53.8 Å². The van der Waals surface area contributed by atoms with Gasteiger partial charge in [-0.2, -0.15) is 5.10 Å². The fourth-order valence-electron chi connectivity index (χ4n) is 7.45. The van der Waals surface area contributed by atoms with E-state index in [1.54, 1.807) is 5.56 Å². The van der Waals surface area contributed by atoms with Gasteiger partial charge in [0.1, 0.15) is 5.60 Å². The van der Waals surface area contributed by atoms with Crippen molar-refractivity contribution >= 4 is 34.5 Å². The van der Waals surface area contributed by atoms with Crippen LogP contribution in [0, 0.1) is 15.9 Å². The Bertz CT molecular complexity index is 1280. The molecule has 0 radical (unpaired) electrons. The van der Waals surface area contributed by atoms with Crippen LogP contribution in [-0.2, 0) is 17.7 Å². The largest absolute Gasteiger partial charge is 0.444 e. The van der Waals surface area contributed by atoms with Crippen molar-refractivity contribution < 1.29 is 9.53 Å². The highest BCUT2D eigenvalue weighted by Crippen LogP contribution is 2.55. The molecule has 2 saturated carbocycles. The fourth-order valence-corrected chi connectivity index (χ4v) is 8.09. The Labute approximate surface area is 240 Å². The fraction of sp³-hybridized carbons (Fsp3) is 0.667. The summed E-state index contributed by atoms with van der Waals surface area (Å²) >= 11 is 2.54. The van der Waals surface area contributed by atoms with Crippen LogP contribution in [0.5, 0.6) is 0 Å². The summed E-state index contributed by atoms with van der Waals surface area (Å²) in [7, 11) is 0. The number of fused-ring (bicyclic) bond motifs is 1. The lowest BCUT2D eigenvalue weighted by Gasteiger charge is -2.58. The second kappa shape index (κ2) is 8.59. The molecule has 2 aromatic rings. The first-order valence-electron chi connectivity index (χ1n) is 14.4. The third kappa shape index (κ3) is 4.25. The number of hydrogen-bond donors (Lipinski definition) is 0. The van der Waals surface area contributed by atoms with E-state index in [2.05, 4.69) is 62.2 Å². The van der Waals surface area contributed by atoms with Crippen LogP contribution in [0.4, 0.5) is 10.6 Å². The maximum Gasteiger partial charge on any atom is 0.410 e. The summed E-state index contributed by atoms with van der Waals surface area (Å²) in [6, 6.07) is 7.51. The zero-order chi connectivity index (χ0) is 26.4. The lowest BCUT2D eigenvalue weighted by Crippen LogP contribution is -2.66. The number of amides is 1. The molecule has 4 fully saturated rings. The number of nitrogens with zero attached hydrogens (tertiary/aromatic N) is 5. The monoisotopic (exact) mass is 629 g/mol. The van der Waals surface area contributed by atoms with Crippen LogP contribution < -0.4 is 4.90 Å². The molecule has 0 atom stereocenters. The number of carbonyl (C=O) groups is 1. The molecule has 7 rings (SSSR count). The van der Waals surface area contributed by atoms with Crippen LogP contribution in [-0.4, -0.2) is 69.5 Å². The van der Waals surface area contributed by atoms with E-state index in [1.807, 2.05) is 25.7 Å². The highest BCUT2D eigenvalue weighted by atomic mass is 127. The number of aromatic nitrogens is 2. The molecule has 3 heterocycles. The van der Waals surface area contributed by atoms with Crippen LogP contribution >= 0.6 is 22.6 Å². The molecule has 2 aliphatic heterocycles. The standard InChI is InChI=1S/C30H40IN5O2/c1-20-25(31)26(32-36(20)24-14-29(15-24)17-34(18-29)27(37)38-28(2,3)4)35-11-10-33(19-30(35)8-5-9-30)16-21-6-7-22-13-23(22)12-21/h6-7,12,24H,5,8-11,13-19H2,1-4H3. The minimum absolute atomic E-state index is 0.172. The molecule has 5 aliphatic rings. The number of likely N-dealkylation sites (tertiary alicyclic amines) is 1. The second-order valence-electron chi connectivity index (χ2n) is 13.8. The first kappa shape index (κ1) is 25.2. The van der Waals surface area contributed by atoms with Crippen LogP contribution in [0.15, 0.2) is 18.2 Å². The Morgan fingerprint density at radius 1 is 1.13 bits per heavy atom. The molecule has 2 spiro atoms. The molecule has 1 aromatic carbocycles. The molecular formula is C30H40IN5O2. The Hall–Kier alpha value is -1.81. The van der Waals surface area contributed by atoms with Crippen molar-refractivity contribution in [1.29, 1.82) is 0 Å². The maximum absolute atomic E-state index is 12.4. The van der Waals surface area contributed by atoms with E-state index < -0.39 is 5.60 Å². The van der Waals surface area contributed by atoms with Gasteiger partial charge in [-0.1, -0.05) is 18.2 Å². The predicted octanol–water partition coefficient (Wildman–Crippen LogP) is 5.52. The summed E-state index contributed by atoms with van der Waals surface area (Å²) in [5, 5.41) is 5.30. The van der Waals surface area contributed by atoms with E-state index in [4.69, 9.17) is 9.84 Å². The quantitative estimate of drug-likeness (QED) is 0.356. The van der Waals surface area contributed by atoms with Crippen molar-refractivity contribution in [3.05, 3.63) is 44.2 Å². The third-order valence-electron chi connectivity index (χ3n) is 9.65. The Balaban J connectivity index is 1.01. The van der Waals surface area contributed by atoms with Gasteiger partial charge in [0.15, 0.2) is 5.82 Å². The summed E-state index contributed by atoms with van der Waals surface area (Å²) in [5.74, 6) is 1.21. The summed E-state index contributed by atoms with van der Waals surface area (Å²) in [5.41, 5.74) is 5.90. The molecule has 2 saturated heterocycles. The zero-order valence-electron chi connectivity index (χ0n) is 23.2. The van der Waals surface area contributed by atoms with Gasteiger partial charge in [0.2, 0.25) is 0 Å². The highest BCUT2D eigenvalue weighted by Gasteiger charge is 2.56. The van der Waals surface area contributed by atoms with Gasteiger partial charge >= 0.3 is 6.09 Å². The van der Waals surface area contributed by atoms with Gasteiger partial charge in [0, 0.05) is 44.7 Å². The van der Waals surface area contributed by atoms with E-state index in [0.29, 0.717) is 6.04 Å². The molecule has 7 nitrogen and oxygen atoms in total. The Morgan fingerprint density at radius 3 is 2.55 bits per heavy atom. The van der Waals surface area contributed by atoms with Gasteiger partial charge in [-0.25, -0.2) is 4.79 Å². The Morgan fingerprint density at radius 2 is 1.89 bits per heavy atom. The van der Waals surface area contributed by atoms with Crippen LogP contribution in [0.25, 0.3) is 0 Å². The van der Waals surface area contributed by atoms with E-state index in [-0.39, 0.29) is 17.0 Å². The lowest BCUT2D eigenvalue weighted by atomic mass is 9.61. The van der Waals surface area contributed by atoms with Gasteiger partial charge in [0.25, 0.3) is 0 Å². The number of benzene rings is 1. The molecular weight excluding hydrogens is 589 g/mol. The third-order valence-corrected chi connectivity index (χ3v) is 10.9. The van der Waals surface area contributed by atoms with Crippen LogP contribution in [0.1, 0.15) is 81.3 Å². The summed E-state index contributed by atoms with van der Waals surface area (Å²) < 4.78 is 9.20. The van der Waals surface area contributed by atoms with E-state index in [1.165, 1.54) is 51.9 Å². The molecule has 38 heavy (non-hydrogen) atoms. The van der Waals surface area contributed by atoms with E-state index in [9.17, 15) is 4.79 Å². The molecule has 1 amide bonds. The maximum atomic E-state index is 12.4. The number of anilines is 1. The molecule has 1 aromatic heterocycles. The molecule has 0 unspecified atom stereocenters. The minimum Gasteiger partial charge on any atom is -0.444 e. The zero-order valence-corrected chi connectivity index (χ0v) is 25.4. The van der Waals surface area contributed by atoms with Crippen molar-refractivity contribution in [3.63, 3.8) is 0 Å². The minimum atomic E-state index is -0.437. The first-order valence-corrected chi connectivity index (χ1v) is 15.4. The summed E-state index contributed by atoms with van der Waals surface area (Å²) in [4.78, 5) is 19.6. The van der Waals surface area contributed by atoms with E-state index in [0.717, 1.165) is 52.1 Å². The van der Waals surface area contributed by atoms with Crippen molar-refractivity contribution in [3.8, 4) is 0 Å². The average molecular weight is 630 g/mol. The van der Waals surface area contributed by atoms with Crippen molar-refractivity contribution in [2.75, 3.05) is 37.6 Å². The molecule has 8 heteroatoms. The number of hydrogen-bond acceptors (Lipinski definition) is 5. The number of piperazine rings is 1. The highest BCUT2D eigenvalue weighted by molar-refractivity contribution is 14.1.